The number of aliphatic hydroxyl groups is 3. The van der Waals surface area contributed by atoms with Gasteiger partial charge in [-0.2, -0.15) is 0 Å². The van der Waals surface area contributed by atoms with Crippen LogP contribution in [0.2, 0.25) is 0 Å². The number of carbonyl (C=O) groups is 7. The van der Waals surface area contributed by atoms with Crippen LogP contribution in [-0.2, 0) is 46.4 Å². The third-order valence-corrected chi connectivity index (χ3v) is 10.4. The summed E-state index contributed by atoms with van der Waals surface area (Å²) < 4.78 is 10.7. The predicted molar refractivity (Wildman–Crippen MR) is 238 cm³/mol. The molecule has 0 heterocycles. The maximum absolute atomic E-state index is 13.9. The van der Waals surface area contributed by atoms with E-state index in [4.69, 9.17) is 20.9 Å². The van der Waals surface area contributed by atoms with E-state index >= 15 is 0 Å². The summed E-state index contributed by atoms with van der Waals surface area (Å²) in [5.74, 6) is -5.13. The molecule has 0 saturated carbocycles. The Morgan fingerprint density at radius 1 is 0.631 bits per heavy atom. The number of aryl methyl sites for hydroxylation is 2. The Morgan fingerprint density at radius 2 is 1.09 bits per heavy atom. The van der Waals surface area contributed by atoms with Gasteiger partial charge >= 0.3 is 5.97 Å². The number of aliphatic carboxylic acids is 1. The molecule has 0 aliphatic carbocycles. The Balaban J connectivity index is 2.16. The van der Waals surface area contributed by atoms with E-state index in [1.165, 1.54) is 34.1 Å². The van der Waals surface area contributed by atoms with Crippen molar-refractivity contribution in [1.29, 1.82) is 0 Å². The fourth-order valence-electron chi connectivity index (χ4n) is 6.59. The topological polar surface area (TPSA) is 351 Å². The number of Topliss-reactive ketones (excluding diaryl/α,β-unsaturated/α-hetero) is 2. The third-order valence-electron chi connectivity index (χ3n) is 10.4. The molecule has 7 atom stereocenters. The molecule has 0 unspecified atom stereocenters. The number of methoxy groups -OCH3 is 2. The van der Waals surface area contributed by atoms with Crippen LogP contribution in [0.15, 0.2) is 36.4 Å². The lowest BCUT2D eigenvalue weighted by Crippen LogP contribution is -2.62. The summed E-state index contributed by atoms with van der Waals surface area (Å²) in [5, 5.41) is 62.1. The van der Waals surface area contributed by atoms with Gasteiger partial charge in [0.05, 0.1) is 45.1 Å². The van der Waals surface area contributed by atoms with Gasteiger partial charge in [0, 0.05) is 12.8 Å². The zero-order valence-electron chi connectivity index (χ0n) is 37.5. The Kier molecular flexibility index (Phi) is 24.5. The number of carboxylic acid groups (broad SMARTS) is 1. The van der Waals surface area contributed by atoms with Crippen molar-refractivity contribution in [2.24, 2.45) is 11.5 Å². The number of ether oxygens (including phenoxy) is 2. The van der Waals surface area contributed by atoms with Crippen LogP contribution in [0, 0.1) is 0 Å². The molecular weight excluding hydrogens is 851 g/mol. The first-order valence-corrected chi connectivity index (χ1v) is 21.5. The minimum atomic E-state index is -1.71. The fourth-order valence-corrected chi connectivity index (χ4v) is 6.59. The van der Waals surface area contributed by atoms with Crippen LogP contribution >= 0.6 is 0 Å². The summed E-state index contributed by atoms with van der Waals surface area (Å²) in [6.07, 6.45) is -0.387. The summed E-state index contributed by atoms with van der Waals surface area (Å²) in [6.45, 7) is 2.09. The smallest absolute Gasteiger partial charge is 0.328 e. The number of phenolic OH excluding ortho intramolecular Hbond substituents is 1. The van der Waals surface area contributed by atoms with Gasteiger partial charge in [-0.15, -0.1) is 0 Å². The summed E-state index contributed by atoms with van der Waals surface area (Å²) in [6, 6.07) is 2.47. The van der Waals surface area contributed by atoms with Gasteiger partial charge < -0.3 is 73.1 Å². The quantitative estimate of drug-likeness (QED) is 0.0319. The van der Waals surface area contributed by atoms with Gasteiger partial charge in [-0.25, -0.2) is 4.79 Å². The number of anilines is 1. The molecule has 0 fully saturated rings. The van der Waals surface area contributed by atoms with E-state index in [0.29, 0.717) is 67.8 Å². The fraction of sp³-hybridized carbons (Fsp3) is 0.568. The standard InChI is InChI=1S/C44H67N7O14/c1-25(53)38(42(60)48-33(10-6-8-20-46)40(58)49-34(24-52)44(62)63)51-43(61)39(26(2)54)50-41(59)32(9-5-7-19-45)47-31-17-13-27(21-36(31)64-3)11-15-29(55)23-30(56)16-12-28-14-18-35(57)37(22-28)65-4/h13-14,17-18,21-22,25-26,32-34,38-39,47,52-54,57H,5-12,15-16,19-20,23-24,45-46H2,1-4H3,(H,48,60)(H,49,58)(H,50,59)(H,51,61)(H,62,63)/t25-,26-,32+,33+,34+,38+,39+/m1/s1. The first-order chi connectivity index (χ1) is 30.9. The molecule has 65 heavy (non-hydrogen) atoms. The highest BCUT2D eigenvalue weighted by Gasteiger charge is 2.35. The second-order valence-electron chi connectivity index (χ2n) is 15.7. The molecule has 2 rings (SSSR count). The molecule has 0 aromatic heterocycles. The van der Waals surface area contributed by atoms with Gasteiger partial charge in [-0.1, -0.05) is 12.1 Å². The van der Waals surface area contributed by atoms with Gasteiger partial charge in [0.15, 0.2) is 11.5 Å². The minimum Gasteiger partial charge on any atom is -0.504 e. The van der Waals surface area contributed by atoms with Crippen LogP contribution in [-0.4, -0.2) is 143 Å². The zero-order valence-corrected chi connectivity index (χ0v) is 37.5. The van der Waals surface area contributed by atoms with Crippen molar-refractivity contribution >= 4 is 46.9 Å². The first kappa shape index (κ1) is 55.3. The number of aromatic hydroxyl groups is 1. The van der Waals surface area contributed by atoms with Gasteiger partial charge in [0.25, 0.3) is 0 Å². The van der Waals surface area contributed by atoms with Crippen LogP contribution in [0.1, 0.15) is 82.8 Å². The molecule has 0 bridgehead atoms. The van der Waals surface area contributed by atoms with Gasteiger partial charge in [0.1, 0.15) is 47.5 Å². The van der Waals surface area contributed by atoms with Crippen LogP contribution in [0.3, 0.4) is 0 Å². The average molecular weight is 918 g/mol. The predicted octanol–water partition coefficient (Wildman–Crippen LogP) is -0.681. The van der Waals surface area contributed by atoms with E-state index in [2.05, 4.69) is 26.6 Å². The summed E-state index contributed by atoms with van der Waals surface area (Å²) in [4.78, 5) is 90.6. The van der Waals surface area contributed by atoms with Crippen molar-refractivity contribution in [3.63, 3.8) is 0 Å². The summed E-state index contributed by atoms with van der Waals surface area (Å²) in [5.41, 5.74) is 13.2. The van der Waals surface area contributed by atoms with Crippen molar-refractivity contribution in [3.05, 3.63) is 47.5 Å². The Labute approximate surface area is 378 Å². The maximum atomic E-state index is 13.9. The number of phenols is 1. The average Bonchev–Trinajstić information content (AvgIpc) is 3.27. The lowest BCUT2D eigenvalue weighted by molar-refractivity contribution is -0.143. The summed E-state index contributed by atoms with van der Waals surface area (Å²) in [7, 11) is 2.84. The Bertz CT molecular complexity index is 1900. The molecule has 0 spiro atoms. The van der Waals surface area contributed by atoms with Gasteiger partial charge in [-0.3, -0.25) is 28.8 Å². The number of carboxylic acids is 1. The molecule has 21 nitrogen and oxygen atoms in total. The summed E-state index contributed by atoms with van der Waals surface area (Å²) >= 11 is 0. The Hall–Kier alpha value is -5.87. The van der Waals surface area contributed by atoms with Gasteiger partial charge in [-0.05, 0) is 114 Å². The molecule has 2 aromatic rings. The molecule has 14 N–H and O–H groups in total. The van der Waals surface area contributed by atoms with E-state index in [1.807, 2.05) is 0 Å². The highest BCUT2D eigenvalue weighted by molar-refractivity contribution is 5.99. The van der Waals surface area contributed by atoms with Crippen molar-refractivity contribution in [2.75, 3.05) is 39.2 Å². The maximum Gasteiger partial charge on any atom is 0.328 e. The number of ketones is 2. The van der Waals surface area contributed by atoms with E-state index < -0.39 is 78.6 Å². The molecular formula is C44H67N7O14. The van der Waals surface area contributed by atoms with Crippen LogP contribution in [0.5, 0.6) is 17.2 Å². The van der Waals surface area contributed by atoms with Crippen LogP contribution in [0.25, 0.3) is 0 Å². The minimum absolute atomic E-state index is 0.00501. The molecule has 0 radical (unpaired) electrons. The molecule has 0 aliphatic heterocycles. The number of benzene rings is 2. The first-order valence-electron chi connectivity index (χ1n) is 21.5. The SMILES string of the molecule is COc1cc(CCC(=O)CC(=O)CCc2ccc(N[C@@H](CCCCN)C(=O)N[C@H](C(=O)N[C@H](C(=O)N[C@@H](CCCCN)C(=O)N[C@@H](CO)C(=O)O)[C@@H](C)O)[C@@H](C)O)c(OC)c2)ccc1O. The second-order valence-corrected chi connectivity index (χ2v) is 15.7. The van der Waals surface area contributed by atoms with Crippen molar-refractivity contribution in [1.82, 2.24) is 21.3 Å². The number of hydrogen-bond donors (Lipinski definition) is 12. The van der Waals surface area contributed by atoms with Crippen molar-refractivity contribution in [2.45, 2.75) is 127 Å². The van der Waals surface area contributed by atoms with E-state index in [0.717, 1.165) is 5.56 Å². The second kappa shape index (κ2) is 28.8. The molecule has 21 heteroatoms. The van der Waals surface area contributed by atoms with Crippen molar-refractivity contribution < 1.29 is 68.6 Å². The molecule has 0 aliphatic rings. The Morgan fingerprint density at radius 3 is 1.58 bits per heavy atom. The normalized spacial score (nSPS) is 14.3. The van der Waals surface area contributed by atoms with Crippen LogP contribution < -0.4 is 47.5 Å². The molecule has 362 valence electrons. The number of carbonyl (C=O) groups excluding carboxylic acids is 6. The molecule has 2 aromatic carbocycles. The highest BCUT2D eigenvalue weighted by Crippen LogP contribution is 2.29. The van der Waals surface area contributed by atoms with Crippen molar-refractivity contribution in [3.8, 4) is 17.2 Å². The number of unbranched alkanes of at least 4 members (excludes halogenated alkanes) is 2. The number of nitrogens with one attached hydrogen (secondary N) is 5. The van der Waals surface area contributed by atoms with E-state index in [1.54, 1.807) is 30.3 Å². The highest BCUT2D eigenvalue weighted by atomic mass is 16.5. The largest absolute Gasteiger partial charge is 0.504 e. The van der Waals surface area contributed by atoms with E-state index in [-0.39, 0.29) is 56.0 Å². The lowest BCUT2D eigenvalue weighted by atomic mass is 10.0. The lowest BCUT2D eigenvalue weighted by Gasteiger charge is -2.29. The number of aliphatic hydroxyl groups excluding tert-OH is 3. The number of amides is 4. The van der Waals surface area contributed by atoms with Crippen LogP contribution in [0.4, 0.5) is 5.69 Å². The number of nitrogens with two attached hydrogens (primary N) is 2. The molecule has 0 saturated heterocycles. The number of rotatable bonds is 32. The molecule has 4 amide bonds. The third kappa shape index (κ3) is 19.0. The van der Waals surface area contributed by atoms with E-state index in [9.17, 15) is 59.1 Å². The van der Waals surface area contributed by atoms with Gasteiger partial charge in [0.2, 0.25) is 23.6 Å². The number of hydrogen-bond acceptors (Lipinski definition) is 16. The monoisotopic (exact) mass is 917 g/mol. The zero-order chi connectivity index (χ0) is 48.6.